The van der Waals surface area contributed by atoms with E-state index < -0.39 is 0 Å². The number of hydrogen-bond donors (Lipinski definition) is 4. The highest BCUT2D eigenvalue weighted by molar-refractivity contribution is 7.19. The Bertz CT molecular complexity index is 1550. The van der Waals surface area contributed by atoms with Gasteiger partial charge in [-0.15, -0.1) is 11.3 Å². The van der Waals surface area contributed by atoms with Crippen LogP contribution in [0.2, 0.25) is 5.02 Å². The molecule has 2 amide bonds. The van der Waals surface area contributed by atoms with Gasteiger partial charge in [0, 0.05) is 24.8 Å². The van der Waals surface area contributed by atoms with Crippen LogP contribution in [0.5, 0.6) is 5.75 Å². The van der Waals surface area contributed by atoms with Crippen LogP contribution in [0.1, 0.15) is 23.8 Å². The van der Waals surface area contributed by atoms with Crippen molar-refractivity contribution in [2.75, 3.05) is 18.4 Å². The fraction of sp³-hybridized carbons (Fsp3) is 0.250. The van der Waals surface area contributed by atoms with Gasteiger partial charge in [-0.25, -0.2) is 19.2 Å². The number of carbonyl (C=O) groups is 1. The topological polar surface area (TPSA) is 100 Å². The van der Waals surface area contributed by atoms with E-state index >= 15 is 0 Å². The average molecular weight is 565 g/mol. The molecule has 4 N–H and O–H groups in total. The summed E-state index contributed by atoms with van der Waals surface area (Å²) < 4.78 is 19.2. The Kier molecular flexibility index (Phi) is 8.42. The third-order valence-corrected chi connectivity index (χ3v) is 7.23. The molecule has 0 bridgehead atoms. The third kappa shape index (κ3) is 6.95. The van der Waals surface area contributed by atoms with Gasteiger partial charge < -0.3 is 26.0 Å². The molecule has 2 atom stereocenters. The number of halogens is 2. The lowest BCUT2D eigenvalue weighted by molar-refractivity contribution is 0.238. The van der Waals surface area contributed by atoms with Gasteiger partial charge in [0.05, 0.1) is 21.3 Å². The minimum Gasteiger partial charge on any atom is -0.487 e. The van der Waals surface area contributed by atoms with Gasteiger partial charge in [-0.2, -0.15) is 0 Å². The number of thiophene rings is 1. The van der Waals surface area contributed by atoms with E-state index in [4.69, 9.17) is 16.3 Å². The number of hydrogen-bond acceptors (Lipinski definition) is 7. The predicted octanol–water partition coefficient (Wildman–Crippen LogP) is 5.21. The molecule has 200 valence electrons. The summed E-state index contributed by atoms with van der Waals surface area (Å²) in [5.74, 6) is 7.32. The minimum atomic E-state index is -0.310. The largest absolute Gasteiger partial charge is 0.487 e. The highest BCUT2D eigenvalue weighted by atomic mass is 35.5. The summed E-state index contributed by atoms with van der Waals surface area (Å²) in [6, 6.07) is 13.4. The van der Waals surface area contributed by atoms with Crippen molar-refractivity contribution in [3.05, 3.63) is 76.1 Å². The Balaban J connectivity index is 1.24. The highest BCUT2D eigenvalue weighted by Crippen LogP contribution is 2.33. The number of amides is 2. The number of benzene rings is 2. The van der Waals surface area contributed by atoms with Gasteiger partial charge in [-0.1, -0.05) is 35.6 Å². The molecule has 5 rings (SSSR count). The first-order chi connectivity index (χ1) is 19.0. The zero-order valence-electron chi connectivity index (χ0n) is 21.1. The molecule has 8 nitrogen and oxygen atoms in total. The summed E-state index contributed by atoms with van der Waals surface area (Å²) in [6.45, 7) is 3.36. The van der Waals surface area contributed by atoms with Gasteiger partial charge in [-0.3, -0.25) is 0 Å². The summed E-state index contributed by atoms with van der Waals surface area (Å²) in [5, 5.41) is 13.6. The van der Waals surface area contributed by atoms with Crippen molar-refractivity contribution in [1.82, 2.24) is 25.9 Å². The van der Waals surface area contributed by atoms with Crippen molar-refractivity contribution in [3.8, 4) is 17.6 Å². The second kappa shape index (κ2) is 12.3. The number of ether oxygens (including phenoxy) is 1. The van der Waals surface area contributed by atoms with Crippen LogP contribution in [-0.2, 0) is 6.61 Å². The van der Waals surface area contributed by atoms with Gasteiger partial charge in [0.25, 0.3) is 0 Å². The second-order valence-electron chi connectivity index (χ2n) is 8.91. The molecular weight excluding hydrogens is 539 g/mol. The van der Waals surface area contributed by atoms with E-state index in [0.717, 1.165) is 27.2 Å². The number of fused-ring (bicyclic) bond motifs is 1. The van der Waals surface area contributed by atoms with Crippen molar-refractivity contribution in [3.63, 3.8) is 0 Å². The molecular formula is C28H26ClFN6O2S. The average Bonchev–Trinajstić information content (AvgIpc) is 3.54. The monoisotopic (exact) mass is 564 g/mol. The Hall–Kier alpha value is -3.91. The fourth-order valence-electron chi connectivity index (χ4n) is 4.15. The number of anilines is 2. The quantitative estimate of drug-likeness (QED) is 0.230. The molecule has 0 aliphatic carbocycles. The summed E-state index contributed by atoms with van der Waals surface area (Å²) >= 11 is 7.94. The van der Waals surface area contributed by atoms with Crippen molar-refractivity contribution >= 4 is 50.7 Å². The fourth-order valence-corrected chi connectivity index (χ4v) is 5.24. The molecule has 2 aromatic heterocycles. The van der Waals surface area contributed by atoms with Crippen LogP contribution < -0.4 is 26.0 Å². The molecule has 0 spiro atoms. The highest BCUT2D eigenvalue weighted by Gasteiger charge is 2.23. The lowest BCUT2D eigenvalue weighted by Crippen LogP contribution is -2.42. The van der Waals surface area contributed by atoms with E-state index in [1.54, 1.807) is 24.3 Å². The first-order valence-electron chi connectivity index (χ1n) is 12.4. The van der Waals surface area contributed by atoms with Gasteiger partial charge in [0.1, 0.15) is 35.1 Å². The van der Waals surface area contributed by atoms with Crippen molar-refractivity contribution < 1.29 is 13.9 Å². The molecule has 3 heterocycles. The molecule has 1 saturated heterocycles. The van der Waals surface area contributed by atoms with Crippen LogP contribution in [0.4, 0.5) is 20.7 Å². The normalized spacial score (nSPS) is 16.4. The number of carbonyl (C=O) groups excluding carboxylic acids is 1. The van der Waals surface area contributed by atoms with Crippen LogP contribution in [-0.4, -0.2) is 41.2 Å². The number of aromatic nitrogens is 2. The van der Waals surface area contributed by atoms with E-state index in [1.165, 1.54) is 29.8 Å². The third-order valence-electron chi connectivity index (χ3n) is 5.98. The lowest BCUT2D eigenvalue weighted by atomic mass is 10.2. The number of urea groups is 1. The van der Waals surface area contributed by atoms with Crippen LogP contribution >= 0.6 is 22.9 Å². The second-order valence-corrected chi connectivity index (χ2v) is 10.3. The van der Waals surface area contributed by atoms with Crippen LogP contribution in [0.3, 0.4) is 0 Å². The van der Waals surface area contributed by atoms with Gasteiger partial charge in [0.2, 0.25) is 0 Å². The SMILES string of the molecule is CCNC(=O)N[C@H]1CN[C@H](C#Cc2cc3c(Nc4ccc(OCc5cccc(F)c5)c(Cl)c4)ncnc3s2)C1. The smallest absolute Gasteiger partial charge is 0.315 e. The Labute approximate surface area is 234 Å². The van der Waals surface area contributed by atoms with Crippen molar-refractivity contribution in [1.29, 1.82) is 0 Å². The summed E-state index contributed by atoms with van der Waals surface area (Å²) in [4.78, 5) is 22.2. The van der Waals surface area contributed by atoms with E-state index in [0.29, 0.717) is 35.2 Å². The Morgan fingerprint density at radius 3 is 2.97 bits per heavy atom. The summed E-state index contributed by atoms with van der Waals surface area (Å²) in [5.41, 5.74) is 1.45. The van der Waals surface area contributed by atoms with Crippen LogP contribution in [0.25, 0.3) is 10.2 Å². The van der Waals surface area contributed by atoms with Crippen LogP contribution in [0.15, 0.2) is 54.9 Å². The molecule has 11 heteroatoms. The standard InChI is InChI=1S/C28H26ClFN6O2S/c1-2-31-28(37)36-21-11-19(32-14-21)6-8-22-13-23-26(33-16-34-27(23)39-22)35-20-7-9-25(24(29)12-20)38-15-17-4-3-5-18(30)10-17/h3-5,7,9-10,12-13,16,19,21,32H,2,11,14-15H2,1H3,(H2,31,36,37)(H,33,34,35)/t19-,21-/m1/s1. The molecule has 0 unspecified atom stereocenters. The molecule has 0 saturated carbocycles. The first-order valence-corrected chi connectivity index (χ1v) is 13.6. The van der Waals surface area contributed by atoms with Crippen LogP contribution in [0, 0.1) is 17.7 Å². The van der Waals surface area contributed by atoms with E-state index in [1.807, 2.05) is 19.1 Å². The molecule has 0 radical (unpaired) electrons. The first kappa shape index (κ1) is 26.7. The molecule has 1 aliphatic rings. The van der Waals surface area contributed by atoms with E-state index in [9.17, 15) is 9.18 Å². The van der Waals surface area contributed by atoms with Crippen molar-refractivity contribution in [2.24, 2.45) is 0 Å². The van der Waals surface area contributed by atoms with E-state index in [2.05, 4.69) is 43.1 Å². The molecule has 4 aromatic rings. The maximum atomic E-state index is 13.4. The zero-order chi connectivity index (χ0) is 27.2. The van der Waals surface area contributed by atoms with Gasteiger partial charge in [-0.05, 0) is 55.3 Å². The Morgan fingerprint density at radius 1 is 1.26 bits per heavy atom. The zero-order valence-corrected chi connectivity index (χ0v) is 22.6. The Morgan fingerprint density at radius 2 is 2.15 bits per heavy atom. The maximum absolute atomic E-state index is 13.4. The molecule has 1 aliphatic heterocycles. The lowest BCUT2D eigenvalue weighted by Gasteiger charge is -2.11. The number of rotatable bonds is 7. The number of nitrogens with zero attached hydrogens (tertiary/aromatic N) is 2. The molecule has 2 aromatic carbocycles. The van der Waals surface area contributed by atoms with E-state index in [-0.39, 0.29) is 30.5 Å². The molecule has 39 heavy (non-hydrogen) atoms. The summed E-state index contributed by atoms with van der Waals surface area (Å²) in [6.07, 6.45) is 2.25. The predicted molar refractivity (Wildman–Crippen MR) is 152 cm³/mol. The maximum Gasteiger partial charge on any atom is 0.315 e. The number of nitrogens with one attached hydrogen (secondary N) is 4. The summed E-state index contributed by atoms with van der Waals surface area (Å²) in [7, 11) is 0. The van der Waals surface area contributed by atoms with Crippen molar-refractivity contribution in [2.45, 2.75) is 32.0 Å². The molecule has 1 fully saturated rings. The van der Waals surface area contributed by atoms with Gasteiger partial charge in [0.15, 0.2) is 0 Å². The van der Waals surface area contributed by atoms with Gasteiger partial charge >= 0.3 is 6.03 Å². The minimum absolute atomic E-state index is 0.00499.